The maximum Gasteiger partial charge on any atom is 0.328 e. The Morgan fingerprint density at radius 3 is 2.21 bits per heavy atom. The third kappa shape index (κ3) is 5.85. The van der Waals surface area contributed by atoms with Crippen LogP contribution in [0.5, 0.6) is 5.75 Å². The molecule has 0 aliphatic heterocycles. The van der Waals surface area contributed by atoms with Crippen LogP contribution in [0.3, 0.4) is 0 Å². The number of rotatable bonds is 5. The van der Waals surface area contributed by atoms with Gasteiger partial charge in [-0.1, -0.05) is 12.1 Å². The van der Waals surface area contributed by atoms with Crippen molar-refractivity contribution in [1.29, 1.82) is 0 Å². The van der Waals surface area contributed by atoms with E-state index in [0.717, 1.165) is 5.56 Å². The smallest absolute Gasteiger partial charge is 0.328 e. The van der Waals surface area contributed by atoms with Gasteiger partial charge in [-0.3, -0.25) is 4.79 Å². The monoisotopic (exact) mass is 315 g/mol. The van der Waals surface area contributed by atoms with Gasteiger partial charge in [-0.25, -0.2) is 4.79 Å². The van der Waals surface area contributed by atoms with Crippen molar-refractivity contribution in [2.45, 2.75) is 25.4 Å². The van der Waals surface area contributed by atoms with Crippen molar-refractivity contribution in [3.63, 3.8) is 0 Å². The summed E-state index contributed by atoms with van der Waals surface area (Å²) in [5, 5.41) is 8.67. The Balaban J connectivity index is 0.00000324. The predicted octanol–water partition coefficient (Wildman–Crippen LogP) is -0.109. The van der Waals surface area contributed by atoms with Gasteiger partial charge in [-0.2, -0.15) is 0 Å². The zero-order valence-corrected chi connectivity index (χ0v) is 11.2. The number of esters is 1. The summed E-state index contributed by atoms with van der Waals surface area (Å²) >= 11 is 0. The minimum Gasteiger partial charge on any atom is -0.480 e. The fourth-order valence-electron chi connectivity index (χ4n) is 1.24. The molecule has 0 aliphatic carbocycles. The molecule has 0 saturated carbocycles. The number of carboxylic acids is 1. The Hall–Kier alpha value is -1.40. The van der Waals surface area contributed by atoms with Gasteiger partial charge in [0.05, 0.1) is 0 Å². The summed E-state index contributed by atoms with van der Waals surface area (Å²) in [5.41, 5.74) is 11.5. The van der Waals surface area contributed by atoms with E-state index >= 15 is 0 Å². The van der Waals surface area contributed by atoms with E-state index in [1.807, 2.05) is 0 Å². The number of nitrogens with two attached hydrogens (primary N) is 2. The quantitative estimate of drug-likeness (QED) is 0.397. The molecular weight excluding hydrogens is 300 g/mol. The summed E-state index contributed by atoms with van der Waals surface area (Å²) in [6, 6.07) is 4.83. The van der Waals surface area contributed by atoms with Gasteiger partial charge in [0.2, 0.25) is 0 Å². The minimum atomic E-state index is -1.05. The van der Waals surface area contributed by atoms with Gasteiger partial charge in [-0.05, 0) is 31.0 Å². The first-order valence-electron chi connectivity index (χ1n) is 5.44. The zero-order chi connectivity index (χ0) is 13.7. The van der Waals surface area contributed by atoms with E-state index in [0.29, 0.717) is 5.75 Å². The maximum atomic E-state index is 11.2. The van der Waals surface area contributed by atoms with Crippen molar-refractivity contribution in [3.8, 4) is 5.75 Å². The van der Waals surface area contributed by atoms with Gasteiger partial charge in [0, 0.05) is 17.1 Å². The van der Waals surface area contributed by atoms with Gasteiger partial charge < -0.3 is 21.3 Å². The predicted molar refractivity (Wildman–Crippen MR) is 65.0 cm³/mol. The number of hydrogen-bond donors (Lipinski definition) is 3. The molecule has 1 aromatic carbocycles. The standard InChI is InChI=1S/C12H16N2O4.Cu/c1-7(13)12(17)18-9-4-2-8(3-5-9)6-10(14)11(15)16;/h2-5,7,10H,6,13-14H2,1H3,(H,15,16);/t7-,10-;/m0./s1. The molecule has 0 amide bonds. The van der Waals surface area contributed by atoms with E-state index in [9.17, 15) is 9.59 Å². The van der Waals surface area contributed by atoms with Crippen molar-refractivity contribution in [3.05, 3.63) is 29.8 Å². The van der Waals surface area contributed by atoms with Crippen LogP contribution in [0, 0.1) is 0 Å². The van der Waals surface area contributed by atoms with Crippen LogP contribution in [0.1, 0.15) is 12.5 Å². The first kappa shape index (κ1) is 17.6. The topological polar surface area (TPSA) is 116 Å². The molecule has 0 bridgehead atoms. The molecule has 0 aliphatic rings. The van der Waals surface area contributed by atoms with Crippen LogP contribution in [0.2, 0.25) is 0 Å². The SMILES string of the molecule is C[C@H](N)C(=O)Oc1ccc(C[C@H](N)C(=O)O)cc1.[Cu]. The molecule has 0 fully saturated rings. The van der Waals surface area contributed by atoms with Crippen LogP contribution in [0.4, 0.5) is 0 Å². The Morgan fingerprint density at radius 1 is 1.26 bits per heavy atom. The molecule has 0 saturated heterocycles. The molecule has 1 rings (SSSR count). The molecule has 0 spiro atoms. The van der Waals surface area contributed by atoms with Crippen LogP contribution in [-0.2, 0) is 33.1 Å². The second-order valence-corrected chi connectivity index (χ2v) is 4.00. The number of hydrogen-bond acceptors (Lipinski definition) is 5. The van der Waals surface area contributed by atoms with Crippen LogP contribution in [0.25, 0.3) is 0 Å². The third-order valence-electron chi connectivity index (χ3n) is 2.29. The fourth-order valence-corrected chi connectivity index (χ4v) is 1.24. The molecule has 0 unspecified atom stereocenters. The number of carbonyl (C=O) groups excluding carboxylic acids is 1. The summed E-state index contributed by atoms with van der Waals surface area (Å²) in [4.78, 5) is 21.8. The first-order valence-corrected chi connectivity index (χ1v) is 5.44. The molecule has 0 aromatic heterocycles. The van der Waals surface area contributed by atoms with Gasteiger partial charge in [0.1, 0.15) is 17.8 Å². The van der Waals surface area contributed by atoms with E-state index in [2.05, 4.69) is 0 Å². The van der Waals surface area contributed by atoms with Crippen LogP contribution < -0.4 is 16.2 Å². The van der Waals surface area contributed by atoms with Crippen molar-refractivity contribution in [1.82, 2.24) is 0 Å². The second-order valence-electron chi connectivity index (χ2n) is 4.00. The van der Waals surface area contributed by atoms with Crippen LogP contribution in [0.15, 0.2) is 24.3 Å². The Labute approximate surface area is 121 Å². The second kappa shape index (κ2) is 7.91. The Bertz CT molecular complexity index is 434. The summed E-state index contributed by atoms with van der Waals surface area (Å²) < 4.78 is 4.97. The molecule has 109 valence electrons. The molecule has 1 radical (unpaired) electrons. The van der Waals surface area contributed by atoms with E-state index in [1.165, 1.54) is 6.92 Å². The summed E-state index contributed by atoms with van der Waals surface area (Å²) in [5.74, 6) is -1.21. The van der Waals surface area contributed by atoms with Crippen molar-refractivity contribution < 1.29 is 36.5 Å². The average molecular weight is 316 g/mol. The first-order chi connectivity index (χ1) is 8.40. The van der Waals surface area contributed by atoms with Gasteiger partial charge >= 0.3 is 11.9 Å². The normalized spacial score (nSPS) is 13.0. The van der Waals surface area contributed by atoms with Crippen molar-refractivity contribution in [2.24, 2.45) is 11.5 Å². The molecule has 2 atom stereocenters. The molecule has 6 nitrogen and oxygen atoms in total. The third-order valence-corrected chi connectivity index (χ3v) is 2.29. The molecule has 7 heteroatoms. The van der Waals surface area contributed by atoms with E-state index < -0.39 is 24.0 Å². The zero-order valence-electron chi connectivity index (χ0n) is 10.3. The van der Waals surface area contributed by atoms with Crippen molar-refractivity contribution >= 4 is 11.9 Å². The Morgan fingerprint density at radius 2 is 1.79 bits per heavy atom. The maximum absolute atomic E-state index is 11.2. The van der Waals surface area contributed by atoms with E-state index in [4.69, 9.17) is 21.3 Å². The van der Waals surface area contributed by atoms with Gasteiger partial charge in [0.15, 0.2) is 0 Å². The largest absolute Gasteiger partial charge is 0.480 e. The van der Waals surface area contributed by atoms with E-state index in [-0.39, 0.29) is 23.5 Å². The summed E-state index contributed by atoms with van der Waals surface area (Å²) in [6.07, 6.45) is 0.219. The summed E-state index contributed by atoms with van der Waals surface area (Å²) in [6.45, 7) is 1.53. The van der Waals surface area contributed by atoms with Gasteiger partial charge in [0.25, 0.3) is 0 Å². The minimum absolute atomic E-state index is 0. The van der Waals surface area contributed by atoms with Crippen LogP contribution in [-0.4, -0.2) is 29.1 Å². The molecule has 0 heterocycles. The number of aliphatic carboxylic acids is 1. The molecule has 19 heavy (non-hydrogen) atoms. The fraction of sp³-hybridized carbons (Fsp3) is 0.333. The Kier molecular flexibility index (Phi) is 7.33. The number of benzene rings is 1. The summed E-state index contributed by atoms with van der Waals surface area (Å²) in [7, 11) is 0. The van der Waals surface area contributed by atoms with Crippen LogP contribution >= 0.6 is 0 Å². The van der Waals surface area contributed by atoms with Gasteiger partial charge in [-0.15, -0.1) is 0 Å². The number of carboxylic acid groups (broad SMARTS) is 1. The van der Waals surface area contributed by atoms with E-state index in [1.54, 1.807) is 24.3 Å². The number of ether oxygens (including phenoxy) is 1. The average Bonchev–Trinajstić information content (AvgIpc) is 2.31. The molecular formula is C12H16CuN2O4. The number of carbonyl (C=O) groups is 2. The van der Waals surface area contributed by atoms with Crippen molar-refractivity contribution in [2.75, 3.05) is 0 Å². The molecule has 1 aromatic rings. The molecule has 5 N–H and O–H groups in total.